The summed E-state index contributed by atoms with van der Waals surface area (Å²) in [7, 11) is 0. The molecule has 2 rings (SSSR count). The van der Waals surface area contributed by atoms with E-state index >= 15 is 0 Å². The van der Waals surface area contributed by atoms with Gasteiger partial charge in [0.25, 0.3) is 0 Å². The number of hydrogen-bond donors (Lipinski definition) is 0. The van der Waals surface area contributed by atoms with E-state index in [1.54, 1.807) is 13.8 Å². The number of esters is 1. The largest absolute Gasteiger partial charge is 0.461 e. The average Bonchev–Trinajstić information content (AvgIpc) is 2.64. The highest BCUT2D eigenvalue weighted by molar-refractivity contribution is 5.88. The first-order valence-electron chi connectivity index (χ1n) is 5.10. The Bertz CT molecular complexity index is 624. The third-order valence-electron chi connectivity index (χ3n) is 2.29. The molecule has 0 aliphatic heterocycles. The molecule has 2 aromatic rings. The molecule has 6 nitrogen and oxygen atoms in total. The van der Waals surface area contributed by atoms with E-state index in [-0.39, 0.29) is 12.3 Å². The predicted octanol–water partition coefficient (Wildman–Crippen LogP) is 1.09. The second-order valence-electron chi connectivity index (χ2n) is 3.36. The van der Waals surface area contributed by atoms with Crippen LogP contribution in [0.25, 0.3) is 5.65 Å². The molecule has 2 heterocycles. The fourth-order valence-corrected chi connectivity index (χ4v) is 1.54. The Morgan fingerprint density at radius 1 is 1.65 bits per heavy atom. The van der Waals surface area contributed by atoms with Gasteiger partial charge in [0.05, 0.1) is 12.3 Å². The van der Waals surface area contributed by atoms with Gasteiger partial charge in [0, 0.05) is 6.20 Å². The van der Waals surface area contributed by atoms with Crippen LogP contribution in [0.3, 0.4) is 0 Å². The molecular formula is C11H10N4O2. The van der Waals surface area contributed by atoms with Crippen LogP contribution in [0.2, 0.25) is 0 Å². The van der Waals surface area contributed by atoms with Gasteiger partial charge in [0.15, 0.2) is 11.3 Å². The molecule has 0 saturated carbocycles. The van der Waals surface area contributed by atoms with Crippen molar-refractivity contribution < 1.29 is 9.53 Å². The van der Waals surface area contributed by atoms with Crippen LogP contribution in [-0.2, 0) is 4.74 Å². The lowest BCUT2D eigenvalue weighted by Gasteiger charge is -2.02. The molecule has 17 heavy (non-hydrogen) atoms. The molecule has 0 amide bonds. The number of rotatable bonds is 2. The van der Waals surface area contributed by atoms with Crippen LogP contribution < -0.4 is 0 Å². The third kappa shape index (κ3) is 1.72. The van der Waals surface area contributed by atoms with E-state index in [0.717, 1.165) is 0 Å². The molecule has 0 unspecified atom stereocenters. The van der Waals surface area contributed by atoms with Crippen LogP contribution in [0.1, 0.15) is 28.7 Å². The highest BCUT2D eigenvalue weighted by Gasteiger charge is 2.17. The van der Waals surface area contributed by atoms with E-state index in [1.807, 2.05) is 6.07 Å². The summed E-state index contributed by atoms with van der Waals surface area (Å²) in [6.07, 6.45) is 1.46. The van der Waals surface area contributed by atoms with Crippen molar-refractivity contribution in [3.63, 3.8) is 0 Å². The molecule has 0 atom stereocenters. The summed E-state index contributed by atoms with van der Waals surface area (Å²) in [6, 6.07) is 3.53. The number of carbonyl (C=O) groups excluding carboxylic acids is 1. The lowest BCUT2D eigenvalue weighted by Crippen LogP contribution is -2.11. The van der Waals surface area contributed by atoms with E-state index in [9.17, 15) is 4.79 Å². The number of ether oxygens (including phenoxy) is 1. The summed E-state index contributed by atoms with van der Waals surface area (Å²) in [5, 5.41) is 13.1. The van der Waals surface area contributed by atoms with Crippen LogP contribution in [0.4, 0.5) is 0 Å². The first-order valence-corrected chi connectivity index (χ1v) is 5.10. The summed E-state index contributed by atoms with van der Waals surface area (Å²) in [4.78, 5) is 15.7. The minimum Gasteiger partial charge on any atom is -0.461 e. The van der Waals surface area contributed by atoms with Crippen LogP contribution in [0.15, 0.2) is 12.3 Å². The summed E-state index contributed by atoms with van der Waals surface area (Å²) in [6.45, 7) is 3.71. The van der Waals surface area contributed by atoms with Crippen molar-refractivity contribution in [3.05, 3.63) is 29.2 Å². The Labute approximate surface area is 97.4 Å². The molecule has 0 fully saturated rings. The minimum atomic E-state index is -0.480. The van der Waals surface area contributed by atoms with E-state index in [2.05, 4.69) is 10.1 Å². The average molecular weight is 230 g/mol. The Hall–Kier alpha value is -2.42. The first-order chi connectivity index (χ1) is 8.19. The fraction of sp³-hybridized carbons (Fsp3) is 0.273. The van der Waals surface area contributed by atoms with Gasteiger partial charge in [-0.05, 0) is 19.9 Å². The molecular weight excluding hydrogens is 220 g/mol. The van der Waals surface area contributed by atoms with Crippen LogP contribution in [0.5, 0.6) is 0 Å². The van der Waals surface area contributed by atoms with Gasteiger partial charge in [0.2, 0.25) is 0 Å². The van der Waals surface area contributed by atoms with Crippen molar-refractivity contribution in [1.82, 2.24) is 14.6 Å². The molecule has 0 saturated heterocycles. The van der Waals surface area contributed by atoms with Crippen molar-refractivity contribution in [2.75, 3.05) is 6.61 Å². The number of nitriles is 1. The molecule has 86 valence electrons. The van der Waals surface area contributed by atoms with Crippen molar-refractivity contribution in [2.45, 2.75) is 13.8 Å². The second-order valence-corrected chi connectivity index (χ2v) is 3.36. The van der Waals surface area contributed by atoms with Crippen molar-refractivity contribution in [3.8, 4) is 6.07 Å². The van der Waals surface area contributed by atoms with Gasteiger partial charge in [0.1, 0.15) is 11.6 Å². The maximum atomic E-state index is 11.7. The Balaban J connectivity index is 2.67. The highest BCUT2D eigenvalue weighted by atomic mass is 16.5. The lowest BCUT2D eigenvalue weighted by molar-refractivity contribution is 0.0516. The van der Waals surface area contributed by atoms with E-state index < -0.39 is 5.97 Å². The number of aromatic nitrogens is 3. The van der Waals surface area contributed by atoms with Gasteiger partial charge in [-0.2, -0.15) is 10.4 Å². The smallest absolute Gasteiger partial charge is 0.357 e. The quantitative estimate of drug-likeness (QED) is 0.721. The molecule has 0 N–H and O–H groups in total. The number of aryl methyl sites for hydroxylation is 1. The first kappa shape index (κ1) is 11.1. The number of fused-ring (bicyclic) bond motifs is 1. The van der Waals surface area contributed by atoms with Gasteiger partial charge in [-0.1, -0.05) is 0 Å². The van der Waals surface area contributed by atoms with Crippen molar-refractivity contribution in [2.24, 2.45) is 0 Å². The molecule has 0 aliphatic carbocycles. The molecule has 6 heteroatoms. The molecule has 0 bridgehead atoms. The minimum absolute atomic E-state index is 0.265. The summed E-state index contributed by atoms with van der Waals surface area (Å²) >= 11 is 0. The predicted molar refractivity (Wildman–Crippen MR) is 58.4 cm³/mol. The maximum Gasteiger partial charge on any atom is 0.357 e. The second kappa shape index (κ2) is 4.22. The van der Waals surface area contributed by atoms with Crippen molar-refractivity contribution in [1.29, 1.82) is 5.26 Å². The summed E-state index contributed by atoms with van der Waals surface area (Å²) in [5.74, 6) is -0.480. The van der Waals surface area contributed by atoms with Gasteiger partial charge in [-0.3, -0.25) is 0 Å². The van der Waals surface area contributed by atoms with Crippen LogP contribution in [-0.4, -0.2) is 27.2 Å². The maximum absolute atomic E-state index is 11.7. The number of hydrogen-bond acceptors (Lipinski definition) is 5. The molecule has 0 radical (unpaired) electrons. The summed E-state index contributed by atoms with van der Waals surface area (Å²) in [5.41, 5.74) is 1.55. The van der Waals surface area contributed by atoms with E-state index in [0.29, 0.717) is 16.9 Å². The zero-order valence-corrected chi connectivity index (χ0v) is 9.47. The SMILES string of the molecule is CCOC(=O)c1ccnc2c(C#N)c(C)nn12. The van der Waals surface area contributed by atoms with Gasteiger partial charge < -0.3 is 4.74 Å². The fourth-order valence-electron chi connectivity index (χ4n) is 1.54. The standard InChI is InChI=1S/C11H10N4O2/c1-3-17-11(16)9-4-5-13-10-8(6-12)7(2)14-15(9)10/h4-5H,3H2,1-2H3. The summed E-state index contributed by atoms with van der Waals surface area (Å²) < 4.78 is 6.25. The molecule has 2 aromatic heterocycles. The lowest BCUT2D eigenvalue weighted by atomic mass is 10.3. The van der Waals surface area contributed by atoms with Gasteiger partial charge >= 0.3 is 5.97 Å². The van der Waals surface area contributed by atoms with E-state index in [4.69, 9.17) is 10.00 Å². The Morgan fingerprint density at radius 3 is 3.06 bits per heavy atom. The normalized spacial score (nSPS) is 10.2. The number of carbonyl (C=O) groups is 1. The Morgan fingerprint density at radius 2 is 2.41 bits per heavy atom. The zero-order chi connectivity index (χ0) is 12.4. The van der Waals surface area contributed by atoms with Gasteiger partial charge in [-0.25, -0.2) is 14.3 Å². The topological polar surface area (TPSA) is 80.3 Å². The van der Waals surface area contributed by atoms with Gasteiger partial charge in [-0.15, -0.1) is 0 Å². The zero-order valence-electron chi connectivity index (χ0n) is 9.47. The van der Waals surface area contributed by atoms with Crippen LogP contribution >= 0.6 is 0 Å². The monoisotopic (exact) mass is 230 g/mol. The third-order valence-corrected chi connectivity index (χ3v) is 2.29. The van der Waals surface area contributed by atoms with Crippen molar-refractivity contribution >= 4 is 11.6 Å². The highest BCUT2D eigenvalue weighted by Crippen LogP contribution is 2.14. The number of nitrogens with zero attached hydrogens (tertiary/aromatic N) is 4. The molecule has 0 aliphatic rings. The Kier molecular flexibility index (Phi) is 2.75. The molecule has 0 spiro atoms. The van der Waals surface area contributed by atoms with Crippen LogP contribution in [0, 0.1) is 18.3 Å². The molecule has 0 aromatic carbocycles. The van der Waals surface area contributed by atoms with E-state index in [1.165, 1.54) is 16.8 Å².